The van der Waals surface area contributed by atoms with Crippen LogP contribution in [0.25, 0.3) is 0 Å². The summed E-state index contributed by atoms with van der Waals surface area (Å²) in [6, 6.07) is 7.32. The molecule has 2 fully saturated rings. The summed E-state index contributed by atoms with van der Waals surface area (Å²) < 4.78 is 62.9. The fourth-order valence-corrected chi connectivity index (χ4v) is 6.03. The maximum absolute atomic E-state index is 15.2. The quantitative estimate of drug-likeness (QED) is 0.334. The van der Waals surface area contributed by atoms with Crippen molar-refractivity contribution >= 4 is 23.5 Å². The van der Waals surface area contributed by atoms with Gasteiger partial charge in [0.05, 0.1) is 16.7 Å². The van der Waals surface area contributed by atoms with Crippen molar-refractivity contribution in [1.29, 1.82) is 0 Å². The first-order valence-electron chi connectivity index (χ1n) is 14.5. The molecular weight excluding hydrogens is 580 g/mol. The number of benzene rings is 2. The van der Waals surface area contributed by atoms with Gasteiger partial charge in [-0.15, -0.1) is 0 Å². The fraction of sp³-hybridized carbons (Fsp3) is 0.419. The van der Waals surface area contributed by atoms with E-state index in [1.807, 2.05) is 7.05 Å². The number of hydrogen-bond donors (Lipinski definition) is 2. The molecule has 1 aromatic heterocycles. The Hall–Kier alpha value is -4.26. The number of fused-ring (bicyclic) bond motifs is 2. The van der Waals surface area contributed by atoms with Crippen LogP contribution in [0.1, 0.15) is 70.0 Å². The van der Waals surface area contributed by atoms with Gasteiger partial charge in [0.1, 0.15) is 17.1 Å². The van der Waals surface area contributed by atoms with E-state index in [-0.39, 0.29) is 40.5 Å². The van der Waals surface area contributed by atoms with E-state index >= 15 is 4.39 Å². The number of nitrogens with zero attached hydrogens (tertiary/aromatic N) is 4. The van der Waals surface area contributed by atoms with Crippen LogP contribution in [0.2, 0.25) is 0 Å². The predicted molar refractivity (Wildman–Crippen MR) is 154 cm³/mol. The number of hydrogen-bond acceptors (Lipinski definition) is 7. The van der Waals surface area contributed by atoms with Gasteiger partial charge in [-0.3, -0.25) is 9.59 Å². The number of alkyl halides is 3. The van der Waals surface area contributed by atoms with Crippen LogP contribution in [-0.2, 0) is 18.1 Å². The lowest BCUT2D eigenvalue weighted by atomic mass is 10.0. The molecule has 0 bridgehead atoms. The molecule has 2 aromatic carbocycles. The van der Waals surface area contributed by atoms with E-state index in [0.29, 0.717) is 23.7 Å². The van der Waals surface area contributed by atoms with Gasteiger partial charge in [-0.25, -0.2) is 9.37 Å². The maximum atomic E-state index is 15.2. The molecular formula is C31H32F4N6O3. The molecule has 0 atom stereocenters. The molecule has 3 heterocycles. The first kappa shape index (κ1) is 29.8. The van der Waals surface area contributed by atoms with E-state index in [0.717, 1.165) is 44.8 Å². The first-order valence-corrected chi connectivity index (χ1v) is 14.5. The van der Waals surface area contributed by atoms with Crippen molar-refractivity contribution in [1.82, 2.24) is 25.1 Å². The Morgan fingerprint density at radius 3 is 2.55 bits per heavy atom. The second kappa shape index (κ2) is 11.0. The van der Waals surface area contributed by atoms with Crippen LogP contribution in [0.15, 0.2) is 36.5 Å². The first-order chi connectivity index (χ1) is 20.9. The topological polar surface area (TPSA) is 99.7 Å². The standard InChI is InChI=1S/C31H32F4N6O3/c1-4-17-14-19(26(42)37-18-8-12-40(2)13-9-18)22(32)15-23(17)38-29-36-16-21(31(33,34)35)27(39-29)44-24-7-5-6-20-25(24)28(43)41(3)30(20)10-11-30/h5-7,14-16,18H,4,8-13H2,1-3H3,(H,37,42)(H,36,38,39). The summed E-state index contributed by atoms with van der Waals surface area (Å²) in [5.74, 6) is -2.78. The van der Waals surface area contributed by atoms with E-state index in [4.69, 9.17) is 4.74 Å². The number of anilines is 2. The smallest absolute Gasteiger partial charge is 0.423 e. The van der Waals surface area contributed by atoms with Crippen LogP contribution < -0.4 is 15.4 Å². The molecule has 0 unspecified atom stereocenters. The van der Waals surface area contributed by atoms with Crippen molar-refractivity contribution < 1.29 is 31.9 Å². The van der Waals surface area contributed by atoms with Gasteiger partial charge in [0.25, 0.3) is 11.8 Å². The number of aromatic nitrogens is 2. The minimum Gasteiger partial charge on any atom is -0.437 e. The van der Waals surface area contributed by atoms with Crippen LogP contribution in [0, 0.1) is 5.82 Å². The Kier molecular flexibility index (Phi) is 7.47. The molecule has 6 rings (SSSR count). The highest BCUT2D eigenvalue weighted by Gasteiger charge is 2.57. The highest BCUT2D eigenvalue weighted by molar-refractivity contribution is 6.03. The molecule has 13 heteroatoms. The SMILES string of the molecule is CCc1cc(C(=O)NC2CCN(C)CC2)c(F)cc1Nc1ncc(C(F)(F)F)c(Oc2cccc3c2C(=O)N(C)C32CC2)n1. The van der Waals surface area contributed by atoms with Gasteiger partial charge in [-0.2, -0.15) is 18.2 Å². The van der Waals surface area contributed by atoms with Crippen molar-refractivity contribution in [3.05, 3.63) is 70.2 Å². The molecule has 2 aliphatic heterocycles. The van der Waals surface area contributed by atoms with Crippen LogP contribution in [0.5, 0.6) is 11.6 Å². The number of piperidine rings is 1. The van der Waals surface area contributed by atoms with E-state index in [1.54, 1.807) is 31.0 Å². The number of halogens is 4. The third-order valence-electron chi connectivity index (χ3n) is 8.80. The normalized spacial score (nSPS) is 18.0. The number of likely N-dealkylation sites (tertiary alicyclic amines) is 1. The minimum atomic E-state index is -4.85. The van der Waals surface area contributed by atoms with Crippen molar-refractivity contribution in [2.75, 3.05) is 32.5 Å². The van der Waals surface area contributed by atoms with Gasteiger partial charge >= 0.3 is 6.18 Å². The molecule has 2 amide bonds. The molecule has 1 aliphatic carbocycles. The highest BCUT2D eigenvalue weighted by atomic mass is 19.4. The molecule has 3 aromatic rings. The van der Waals surface area contributed by atoms with E-state index in [2.05, 4.69) is 25.5 Å². The summed E-state index contributed by atoms with van der Waals surface area (Å²) in [4.78, 5) is 37.6. The average Bonchev–Trinajstić information content (AvgIpc) is 3.76. The van der Waals surface area contributed by atoms with Gasteiger partial charge in [-0.05, 0) is 81.6 Å². The van der Waals surface area contributed by atoms with Gasteiger partial charge in [0, 0.05) is 25.0 Å². The zero-order chi connectivity index (χ0) is 31.4. The Balaban J connectivity index is 1.29. The van der Waals surface area contributed by atoms with E-state index in [9.17, 15) is 22.8 Å². The maximum Gasteiger partial charge on any atom is 0.423 e. The molecule has 9 nitrogen and oxygen atoms in total. The number of ether oxygens (including phenoxy) is 1. The number of carbonyl (C=O) groups excluding carboxylic acids is 2. The Bertz CT molecular complexity index is 1630. The average molecular weight is 613 g/mol. The predicted octanol–water partition coefficient (Wildman–Crippen LogP) is 5.63. The number of amides is 2. The second-order valence-electron chi connectivity index (χ2n) is 11.6. The van der Waals surface area contributed by atoms with Crippen molar-refractivity contribution in [2.45, 2.75) is 56.8 Å². The van der Waals surface area contributed by atoms with Gasteiger partial charge < -0.3 is 25.2 Å². The van der Waals surface area contributed by atoms with Crippen molar-refractivity contribution in [2.24, 2.45) is 0 Å². The summed E-state index contributed by atoms with van der Waals surface area (Å²) in [5.41, 5.74) is -0.152. The summed E-state index contributed by atoms with van der Waals surface area (Å²) in [7, 11) is 3.67. The second-order valence-corrected chi connectivity index (χ2v) is 11.6. The molecule has 1 saturated heterocycles. The van der Waals surface area contributed by atoms with Gasteiger partial charge in [0.15, 0.2) is 0 Å². The van der Waals surface area contributed by atoms with Crippen molar-refractivity contribution in [3.8, 4) is 11.6 Å². The third kappa shape index (κ3) is 5.33. The molecule has 3 aliphatic rings. The molecule has 2 N–H and O–H groups in total. The molecule has 1 saturated carbocycles. The van der Waals surface area contributed by atoms with Crippen LogP contribution in [-0.4, -0.2) is 64.8 Å². The van der Waals surface area contributed by atoms with Gasteiger partial charge in [-0.1, -0.05) is 19.1 Å². The number of carbonyl (C=O) groups is 2. The summed E-state index contributed by atoms with van der Waals surface area (Å²) >= 11 is 0. The summed E-state index contributed by atoms with van der Waals surface area (Å²) in [6.07, 6.45) is -0.849. The lowest BCUT2D eigenvalue weighted by molar-refractivity contribution is -0.139. The fourth-order valence-electron chi connectivity index (χ4n) is 6.03. The molecule has 1 spiro atoms. The zero-order valence-electron chi connectivity index (χ0n) is 24.5. The minimum absolute atomic E-state index is 0.0430. The lowest BCUT2D eigenvalue weighted by Gasteiger charge is -2.29. The largest absolute Gasteiger partial charge is 0.437 e. The number of rotatable bonds is 7. The molecule has 44 heavy (non-hydrogen) atoms. The van der Waals surface area contributed by atoms with Crippen LogP contribution in [0.3, 0.4) is 0 Å². The summed E-state index contributed by atoms with van der Waals surface area (Å²) in [5, 5.41) is 5.69. The van der Waals surface area contributed by atoms with Crippen LogP contribution in [0.4, 0.5) is 29.2 Å². The Morgan fingerprint density at radius 1 is 1.16 bits per heavy atom. The van der Waals surface area contributed by atoms with E-state index < -0.39 is 34.9 Å². The molecule has 0 radical (unpaired) electrons. The third-order valence-corrected chi connectivity index (χ3v) is 8.80. The number of nitrogens with one attached hydrogen (secondary N) is 2. The molecule has 232 valence electrons. The Morgan fingerprint density at radius 2 is 1.89 bits per heavy atom. The van der Waals surface area contributed by atoms with Gasteiger partial charge in [0.2, 0.25) is 11.8 Å². The lowest BCUT2D eigenvalue weighted by Crippen LogP contribution is -2.43. The number of aryl methyl sites for hydroxylation is 1. The van der Waals surface area contributed by atoms with Crippen molar-refractivity contribution in [3.63, 3.8) is 0 Å². The Labute approximate surface area is 251 Å². The monoisotopic (exact) mass is 612 g/mol. The zero-order valence-corrected chi connectivity index (χ0v) is 24.5. The highest BCUT2D eigenvalue weighted by Crippen LogP contribution is 2.57. The van der Waals surface area contributed by atoms with Crippen LogP contribution >= 0.6 is 0 Å². The summed E-state index contributed by atoms with van der Waals surface area (Å²) in [6.45, 7) is 3.46. The van der Waals surface area contributed by atoms with E-state index in [1.165, 1.54) is 12.1 Å².